The molecule has 6 nitrogen and oxygen atoms in total. The van der Waals surface area contributed by atoms with E-state index in [0.29, 0.717) is 12.6 Å². The van der Waals surface area contributed by atoms with Crippen molar-refractivity contribution in [2.45, 2.75) is 44.7 Å². The molecule has 3 fully saturated rings. The summed E-state index contributed by atoms with van der Waals surface area (Å²) in [5.74, 6) is 0.296. The lowest BCUT2D eigenvalue weighted by Gasteiger charge is -2.41. The van der Waals surface area contributed by atoms with Gasteiger partial charge in [-0.05, 0) is 50.6 Å². The average Bonchev–Trinajstić information content (AvgIpc) is 3.31. The first-order valence-corrected chi connectivity index (χ1v) is 12.2. The Morgan fingerprint density at radius 3 is 2.62 bits per heavy atom. The van der Waals surface area contributed by atoms with Gasteiger partial charge in [-0.1, -0.05) is 36.4 Å². The summed E-state index contributed by atoms with van der Waals surface area (Å²) >= 11 is 0. The highest BCUT2D eigenvalue weighted by Crippen LogP contribution is 2.29. The van der Waals surface area contributed by atoms with E-state index < -0.39 is 0 Å². The maximum Gasteiger partial charge on any atom is 0.245 e. The van der Waals surface area contributed by atoms with Crippen LogP contribution in [0.2, 0.25) is 0 Å². The number of amides is 2. The summed E-state index contributed by atoms with van der Waals surface area (Å²) in [6.07, 6.45) is 3.81. The topological polar surface area (TPSA) is 47.1 Å². The zero-order valence-electron chi connectivity index (χ0n) is 19.1. The summed E-state index contributed by atoms with van der Waals surface area (Å²) in [6, 6.07) is 15.5. The molecule has 3 aliphatic heterocycles. The van der Waals surface area contributed by atoms with Gasteiger partial charge >= 0.3 is 0 Å². The predicted molar refractivity (Wildman–Crippen MR) is 128 cm³/mol. The molecule has 3 aliphatic rings. The van der Waals surface area contributed by atoms with E-state index in [4.69, 9.17) is 0 Å². The van der Waals surface area contributed by atoms with Gasteiger partial charge in [0.15, 0.2) is 0 Å². The van der Waals surface area contributed by atoms with E-state index in [1.165, 1.54) is 16.5 Å². The Morgan fingerprint density at radius 1 is 0.938 bits per heavy atom. The normalized spacial score (nSPS) is 24.5. The Hall–Kier alpha value is -2.60. The number of hydrogen-bond acceptors (Lipinski definition) is 4. The molecule has 0 saturated carbocycles. The molecule has 0 bridgehead atoms. The molecule has 2 amide bonds. The van der Waals surface area contributed by atoms with Crippen LogP contribution in [0, 0.1) is 0 Å². The second-order valence-electron chi connectivity index (χ2n) is 9.54. The summed E-state index contributed by atoms with van der Waals surface area (Å²) in [5.41, 5.74) is 1.34. The predicted octanol–water partition coefficient (Wildman–Crippen LogP) is 2.96. The van der Waals surface area contributed by atoms with Gasteiger partial charge in [0.1, 0.15) is 6.04 Å². The fourth-order valence-electron chi connectivity index (χ4n) is 5.70. The first-order valence-electron chi connectivity index (χ1n) is 12.2. The van der Waals surface area contributed by atoms with E-state index in [1.54, 1.807) is 9.80 Å². The standard InChI is InChI=1S/C26H34N4O2/c1-20-18-28(23-11-6-9-21-8-2-3-10-22(21)23)17-16-27(20)13-4-5-14-29-19-25(31)30-15-7-12-24(30)26(29)32/h2-3,6,8-11,20,24H,4-5,7,12-19H2,1H3/t20-,24?/m1/s1. The van der Waals surface area contributed by atoms with Crippen LogP contribution in [0.25, 0.3) is 10.8 Å². The van der Waals surface area contributed by atoms with Crippen molar-refractivity contribution in [2.75, 3.05) is 50.7 Å². The molecule has 32 heavy (non-hydrogen) atoms. The summed E-state index contributed by atoms with van der Waals surface area (Å²) in [7, 11) is 0. The Bertz CT molecular complexity index is 987. The highest BCUT2D eigenvalue weighted by Gasteiger charge is 2.41. The van der Waals surface area contributed by atoms with E-state index in [2.05, 4.69) is 59.2 Å². The van der Waals surface area contributed by atoms with E-state index in [9.17, 15) is 9.59 Å². The molecule has 0 radical (unpaired) electrons. The molecule has 3 heterocycles. The molecule has 170 valence electrons. The molecule has 2 atom stereocenters. The van der Waals surface area contributed by atoms with Gasteiger partial charge in [-0.2, -0.15) is 0 Å². The van der Waals surface area contributed by atoms with E-state index in [-0.39, 0.29) is 24.4 Å². The van der Waals surface area contributed by atoms with Gasteiger partial charge in [0.2, 0.25) is 11.8 Å². The van der Waals surface area contributed by atoms with Gasteiger partial charge in [0.05, 0.1) is 6.54 Å². The van der Waals surface area contributed by atoms with Crippen LogP contribution in [-0.2, 0) is 9.59 Å². The van der Waals surface area contributed by atoms with Crippen LogP contribution >= 0.6 is 0 Å². The quantitative estimate of drug-likeness (QED) is 0.656. The molecule has 3 saturated heterocycles. The summed E-state index contributed by atoms with van der Waals surface area (Å²) in [6.45, 7) is 8.23. The second-order valence-corrected chi connectivity index (χ2v) is 9.54. The maximum absolute atomic E-state index is 12.7. The molecule has 0 aromatic heterocycles. The number of carbonyl (C=O) groups excluding carboxylic acids is 2. The highest BCUT2D eigenvalue weighted by atomic mass is 16.2. The van der Waals surface area contributed by atoms with E-state index in [0.717, 1.165) is 58.4 Å². The maximum atomic E-state index is 12.7. The number of rotatable bonds is 6. The smallest absolute Gasteiger partial charge is 0.245 e. The Labute approximate surface area is 190 Å². The third kappa shape index (κ3) is 4.08. The van der Waals surface area contributed by atoms with Gasteiger partial charge in [-0.3, -0.25) is 14.5 Å². The minimum atomic E-state index is -0.182. The number of fused-ring (bicyclic) bond motifs is 2. The SMILES string of the molecule is C[C@@H]1CN(c2cccc3ccccc23)CCN1CCCCN1CC(=O)N2CCCC2C1=O. The van der Waals surface area contributed by atoms with Gasteiger partial charge in [-0.15, -0.1) is 0 Å². The first kappa shape index (κ1) is 21.3. The molecule has 2 aromatic rings. The van der Waals surface area contributed by atoms with Crippen molar-refractivity contribution in [2.24, 2.45) is 0 Å². The Morgan fingerprint density at radius 2 is 1.75 bits per heavy atom. The van der Waals surface area contributed by atoms with Crippen LogP contribution in [-0.4, -0.2) is 84.4 Å². The molecule has 0 spiro atoms. The fourth-order valence-corrected chi connectivity index (χ4v) is 5.70. The third-order valence-electron chi connectivity index (χ3n) is 7.49. The summed E-state index contributed by atoms with van der Waals surface area (Å²) in [5, 5.41) is 2.63. The molecular formula is C26H34N4O2. The van der Waals surface area contributed by atoms with Gasteiger partial charge in [-0.25, -0.2) is 0 Å². The zero-order chi connectivity index (χ0) is 22.1. The van der Waals surface area contributed by atoms with Crippen LogP contribution in [0.3, 0.4) is 0 Å². The minimum Gasteiger partial charge on any atom is -0.368 e. The number of hydrogen-bond donors (Lipinski definition) is 0. The molecule has 5 rings (SSSR count). The Kier molecular flexibility index (Phi) is 6.05. The van der Waals surface area contributed by atoms with Gasteiger partial charge < -0.3 is 14.7 Å². The van der Waals surface area contributed by atoms with Gasteiger partial charge in [0.25, 0.3) is 0 Å². The number of carbonyl (C=O) groups is 2. The first-order chi connectivity index (χ1) is 15.6. The van der Waals surface area contributed by atoms with Crippen molar-refractivity contribution in [1.82, 2.24) is 14.7 Å². The average molecular weight is 435 g/mol. The lowest BCUT2D eigenvalue weighted by molar-refractivity contribution is -0.153. The second kappa shape index (κ2) is 9.10. The van der Waals surface area contributed by atoms with Crippen molar-refractivity contribution in [1.29, 1.82) is 0 Å². The van der Waals surface area contributed by atoms with Crippen LogP contribution < -0.4 is 4.90 Å². The Balaban J connectivity index is 1.11. The number of piperazine rings is 2. The molecule has 2 aromatic carbocycles. The monoisotopic (exact) mass is 434 g/mol. The number of unbranched alkanes of at least 4 members (excludes halogenated alkanes) is 1. The molecule has 6 heteroatoms. The summed E-state index contributed by atoms with van der Waals surface area (Å²) in [4.78, 5) is 33.7. The minimum absolute atomic E-state index is 0.130. The van der Waals surface area contributed by atoms with Crippen molar-refractivity contribution < 1.29 is 9.59 Å². The lowest BCUT2D eigenvalue weighted by atomic mass is 10.1. The van der Waals surface area contributed by atoms with Gasteiger partial charge in [0, 0.05) is 49.8 Å². The summed E-state index contributed by atoms with van der Waals surface area (Å²) < 4.78 is 0. The van der Waals surface area contributed by atoms with E-state index in [1.807, 2.05) is 0 Å². The molecule has 0 N–H and O–H groups in total. The van der Waals surface area contributed by atoms with Crippen LogP contribution in [0.15, 0.2) is 42.5 Å². The van der Waals surface area contributed by atoms with Crippen LogP contribution in [0.1, 0.15) is 32.6 Å². The van der Waals surface area contributed by atoms with E-state index >= 15 is 0 Å². The third-order valence-corrected chi connectivity index (χ3v) is 7.49. The van der Waals surface area contributed by atoms with Crippen molar-refractivity contribution in [3.8, 4) is 0 Å². The van der Waals surface area contributed by atoms with Crippen LogP contribution in [0.5, 0.6) is 0 Å². The number of benzene rings is 2. The zero-order valence-corrected chi connectivity index (χ0v) is 19.1. The molecule has 0 aliphatic carbocycles. The highest BCUT2D eigenvalue weighted by molar-refractivity contribution is 5.95. The molecular weight excluding hydrogens is 400 g/mol. The number of anilines is 1. The van der Waals surface area contributed by atoms with Crippen molar-refractivity contribution in [3.63, 3.8) is 0 Å². The fraction of sp³-hybridized carbons (Fsp3) is 0.538. The van der Waals surface area contributed by atoms with Crippen molar-refractivity contribution >= 4 is 28.3 Å². The van der Waals surface area contributed by atoms with Crippen LogP contribution in [0.4, 0.5) is 5.69 Å². The lowest BCUT2D eigenvalue weighted by Crippen LogP contribution is -2.57. The van der Waals surface area contributed by atoms with Crippen molar-refractivity contribution in [3.05, 3.63) is 42.5 Å². The molecule has 1 unspecified atom stereocenters. The largest absolute Gasteiger partial charge is 0.368 e. The number of nitrogens with zero attached hydrogens (tertiary/aromatic N) is 4.